The van der Waals surface area contributed by atoms with Crippen molar-refractivity contribution in [2.24, 2.45) is 5.92 Å². The summed E-state index contributed by atoms with van der Waals surface area (Å²) in [5.74, 6) is 0.798. The van der Waals surface area contributed by atoms with Gasteiger partial charge >= 0.3 is 0 Å². The van der Waals surface area contributed by atoms with Crippen molar-refractivity contribution in [2.75, 3.05) is 37.7 Å². The normalized spacial score (nSPS) is 19.2. The molecule has 2 aliphatic heterocycles. The summed E-state index contributed by atoms with van der Waals surface area (Å²) in [6, 6.07) is 14.6. The summed E-state index contributed by atoms with van der Waals surface area (Å²) >= 11 is 0. The lowest BCUT2D eigenvalue weighted by molar-refractivity contribution is -0.384. The van der Waals surface area contributed by atoms with E-state index in [0.29, 0.717) is 44.9 Å². The average Bonchev–Trinajstić information content (AvgIpc) is 2.73. The Hall–Kier alpha value is -3.09. The van der Waals surface area contributed by atoms with Crippen LogP contribution in [0.4, 0.5) is 11.4 Å². The van der Waals surface area contributed by atoms with Gasteiger partial charge in [0.15, 0.2) is 0 Å². The third kappa shape index (κ3) is 3.45. The van der Waals surface area contributed by atoms with Crippen LogP contribution < -0.4 is 9.64 Å². The molecule has 0 N–H and O–H groups in total. The number of para-hydroxylation sites is 3. The van der Waals surface area contributed by atoms with Gasteiger partial charge in [0, 0.05) is 32.2 Å². The molecule has 1 unspecified atom stereocenters. The van der Waals surface area contributed by atoms with Gasteiger partial charge in [0.2, 0.25) is 5.91 Å². The second-order valence-electron chi connectivity index (χ2n) is 6.88. The van der Waals surface area contributed by atoms with Gasteiger partial charge in [-0.15, -0.1) is 0 Å². The molecule has 4 rings (SSSR count). The minimum atomic E-state index is -0.357. The molecule has 0 saturated carbocycles. The smallest absolute Gasteiger partial charge is 0.292 e. The molecule has 0 bridgehead atoms. The van der Waals surface area contributed by atoms with Crippen molar-refractivity contribution >= 4 is 17.3 Å². The third-order valence-corrected chi connectivity index (χ3v) is 5.24. The summed E-state index contributed by atoms with van der Waals surface area (Å²) in [6.45, 7) is 2.69. The standard InChI is InChI=1S/C20H21N3O4/c24-20(16-13-15-5-1-4-8-19(15)27-14-16)22-11-9-21(10-12-22)17-6-2-3-7-18(17)23(25)26/h1-8,16H,9-14H2. The number of amides is 1. The molecule has 2 aliphatic rings. The monoisotopic (exact) mass is 367 g/mol. The van der Waals surface area contributed by atoms with Crippen LogP contribution in [0.1, 0.15) is 5.56 Å². The SMILES string of the molecule is O=C(C1COc2ccccc2C1)N1CCN(c2ccccc2[N+](=O)[O-])CC1. The van der Waals surface area contributed by atoms with Gasteiger partial charge in [-0.25, -0.2) is 0 Å². The molecule has 1 atom stereocenters. The van der Waals surface area contributed by atoms with Gasteiger partial charge in [0.05, 0.1) is 10.8 Å². The first kappa shape index (κ1) is 17.3. The molecule has 2 aromatic carbocycles. The first-order valence-corrected chi connectivity index (χ1v) is 9.11. The Morgan fingerprint density at radius 1 is 1.04 bits per heavy atom. The summed E-state index contributed by atoms with van der Waals surface area (Å²) in [7, 11) is 0. The number of nitrogens with zero attached hydrogens (tertiary/aromatic N) is 3. The fourth-order valence-corrected chi connectivity index (χ4v) is 3.80. The second kappa shape index (κ2) is 7.26. The number of ether oxygens (including phenoxy) is 1. The number of nitro benzene ring substituents is 1. The lowest BCUT2D eigenvalue weighted by atomic mass is 9.95. The molecule has 2 aromatic rings. The third-order valence-electron chi connectivity index (χ3n) is 5.24. The maximum atomic E-state index is 12.9. The number of benzene rings is 2. The minimum Gasteiger partial charge on any atom is -0.492 e. The summed E-state index contributed by atoms with van der Waals surface area (Å²) in [4.78, 5) is 27.6. The molecule has 140 valence electrons. The van der Waals surface area contributed by atoms with Crippen LogP contribution in [0.5, 0.6) is 5.75 Å². The van der Waals surface area contributed by atoms with Gasteiger partial charge < -0.3 is 14.5 Å². The molecule has 1 amide bonds. The van der Waals surface area contributed by atoms with E-state index in [1.165, 1.54) is 6.07 Å². The number of piperazine rings is 1. The summed E-state index contributed by atoms with van der Waals surface area (Å²) < 4.78 is 5.75. The highest BCUT2D eigenvalue weighted by Gasteiger charge is 2.32. The number of hydrogen-bond donors (Lipinski definition) is 0. The molecule has 0 radical (unpaired) electrons. The number of nitro groups is 1. The highest BCUT2D eigenvalue weighted by Crippen LogP contribution is 2.30. The van der Waals surface area contributed by atoms with E-state index in [9.17, 15) is 14.9 Å². The van der Waals surface area contributed by atoms with Crippen molar-refractivity contribution in [3.8, 4) is 5.75 Å². The number of carbonyl (C=O) groups is 1. The van der Waals surface area contributed by atoms with E-state index in [4.69, 9.17) is 4.74 Å². The number of carbonyl (C=O) groups excluding carboxylic acids is 1. The summed E-state index contributed by atoms with van der Waals surface area (Å²) in [6.07, 6.45) is 0.694. The van der Waals surface area contributed by atoms with Gasteiger partial charge in [-0.3, -0.25) is 14.9 Å². The molecule has 27 heavy (non-hydrogen) atoms. The molecule has 0 aliphatic carbocycles. The topological polar surface area (TPSA) is 75.9 Å². The van der Waals surface area contributed by atoms with Crippen LogP contribution >= 0.6 is 0 Å². The molecule has 0 aromatic heterocycles. The van der Waals surface area contributed by atoms with Crippen molar-refractivity contribution in [2.45, 2.75) is 6.42 Å². The van der Waals surface area contributed by atoms with Crippen LogP contribution in [0.15, 0.2) is 48.5 Å². The fourth-order valence-electron chi connectivity index (χ4n) is 3.80. The fraction of sp³-hybridized carbons (Fsp3) is 0.350. The first-order chi connectivity index (χ1) is 13.1. The van der Waals surface area contributed by atoms with Crippen LogP contribution in [-0.4, -0.2) is 48.5 Å². The van der Waals surface area contributed by atoms with E-state index in [-0.39, 0.29) is 22.4 Å². The van der Waals surface area contributed by atoms with E-state index in [1.807, 2.05) is 34.1 Å². The highest BCUT2D eigenvalue weighted by molar-refractivity contribution is 5.80. The van der Waals surface area contributed by atoms with Gasteiger partial charge in [-0.1, -0.05) is 30.3 Å². The molecule has 7 nitrogen and oxygen atoms in total. The molecular formula is C20H21N3O4. The van der Waals surface area contributed by atoms with Crippen LogP contribution in [0.25, 0.3) is 0 Å². The highest BCUT2D eigenvalue weighted by atomic mass is 16.6. The Bertz CT molecular complexity index is 862. The van der Waals surface area contributed by atoms with E-state index in [2.05, 4.69) is 0 Å². The first-order valence-electron chi connectivity index (χ1n) is 9.11. The van der Waals surface area contributed by atoms with E-state index >= 15 is 0 Å². The molecule has 2 heterocycles. The number of rotatable bonds is 3. The van der Waals surface area contributed by atoms with Crippen molar-refractivity contribution < 1.29 is 14.5 Å². The Labute approximate surface area is 157 Å². The van der Waals surface area contributed by atoms with E-state index in [0.717, 1.165) is 11.3 Å². The zero-order valence-electron chi connectivity index (χ0n) is 14.9. The van der Waals surface area contributed by atoms with Crippen molar-refractivity contribution in [3.05, 3.63) is 64.2 Å². The second-order valence-corrected chi connectivity index (χ2v) is 6.88. The minimum absolute atomic E-state index is 0.103. The predicted molar refractivity (Wildman–Crippen MR) is 101 cm³/mol. The molecular weight excluding hydrogens is 346 g/mol. The van der Waals surface area contributed by atoms with E-state index in [1.54, 1.807) is 18.2 Å². The largest absolute Gasteiger partial charge is 0.492 e. The van der Waals surface area contributed by atoms with Gasteiger partial charge in [-0.05, 0) is 24.1 Å². The van der Waals surface area contributed by atoms with Gasteiger partial charge in [-0.2, -0.15) is 0 Å². The Morgan fingerprint density at radius 2 is 1.74 bits per heavy atom. The van der Waals surface area contributed by atoms with Crippen LogP contribution in [0.3, 0.4) is 0 Å². The number of hydrogen-bond acceptors (Lipinski definition) is 5. The number of anilines is 1. The van der Waals surface area contributed by atoms with Crippen LogP contribution in [0, 0.1) is 16.0 Å². The Kier molecular flexibility index (Phi) is 4.66. The molecule has 7 heteroatoms. The van der Waals surface area contributed by atoms with Gasteiger partial charge in [0.1, 0.15) is 18.0 Å². The lowest BCUT2D eigenvalue weighted by Gasteiger charge is -2.38. The predicted octanol–water partition coefficient (Wildman–Crippen LogP) is 2.49. The van der Waals surface area contributed by atoms with Crippen LogP contribution in [-0.2, 0) is 11.2 Å². The zero-order chi connectivity index (χ0) is 18.8. The van der Waals surface area contributed by atoms with Crippen molar-refractivity contribution in [3.63, 3.8) is 0 Å². The summed E-state index contributed by atoms with van der Waals surface area (Å²) in [5, 5.41) is 11.2. The molecule has 1 saturated heterocycles. The molecule has 0 spiro atoms. The molecule has 1 fully saturated rings. The zero-order valence-corrected chi connectivity index (χ0v) is 14.9. The quantitative estimate of drug-likeness (QED) is 0.615. The van der Waals surface area contributed by atoms with Gasteiger partial charge in [0.25, 0.3) is 5.69 Å². The number of fused-ring (bicyclic) bond motifs is 1. The Morgan fingerprint density at radius 3 is 2.52 bits per heavy atom. The average molecular weight is 367 g/mol. The maximum absolute atomic E-state index is 12.9. The lowest BCUT2D eigenvalue weighted by Crippen LogP contribution is -2.51. The van der Waals surface area contributed by atoms with E-state index < -0.39 is 0 Å². The maximum Gasteiger partial charge on any atom is 0.292 e. The van der Waals surface area contributed by atoms with Crippen molar-refractivity contribution in [1.82, 2.24) is 4.90 Å². The summed E-state index contributed by atoms with van der Waals surface area (Å²) in [5.41, 5.74) is 1.79. The van der Waals surface area contributed by atoms with Crippen molar-refractivity contribution in [1.29, 1.82) is 0 Å². The van der Waals surface area contributed by atoms with Crippen LogP contribution in [0.2, 0.25) is 0 Å². The Balaban J connectivity index is 1.40.